The largest absolute Gasteiger partial charge is 0.309 e. The molecule has 0 saturated heterocycles. The van der Waals surface area contributed by atoms with Gasteiger partial charge in [-0.1, -0.05) is 116 Å². The molecule has 7 rings (SSSR count). The van der Waals surface area contributed by atoms with Crippen molar-refractivity contribution in [2.75, 3.05) is 0 Å². The molecule has 0 N–H and O–H groups in total. The molecule has 0 aliphatic rings. The van der Waals surface area contributed by atoms with Crippen LogP contribution in [0.4, 0.5) is 0 Å². The minimum atomic E-state index is -3.22. The average molecular weight is 535 g/mol. The molecule has 2 aromatic heterocycles. The molecule has 40 heavy (non-hydrogen) atoms. The maximum absolute atomic E-state index is 15.3. The molecular weight excluding hydrogens is 507 g/mol. The molecule has 3 nitrogen and oxygen atoms in total. The maximum Gasteiger partial charge on any atom is 0.171 e. The number of hydrogen-bond donors (Lipinski definition) is 0. The van der Waals surface area contributed by atoms with Gasteiger partial charge < -0.3 is 4.57 Å². The lowest BCUT2D eigenvalue weighted by Gasteiger charge is -2.22. The van der Waals surface area contributed by atoms with Crippen LogP contribution in [0.1, 0.15) is 11.1 Å². The first kappa shape index (κ1) is 24.3. The van der Waals surface area contributed by atoms with Gasteiger partial charge in [0.1, 0.15) is 5.65 Å². The Balaban J connectivity index is 1.63. The number of benzene rings is 5. The molecule has 0 aliphatic heterocycles. The summed E-state index contributed by atoms with van der Waals surface area (Å²) in [6.45, 7) is 6.28. The van der Waals surface area contributed by atoms with Gasteiger partial charge in [-0.25, -0.2) is 4.98 Å². The van der Waals surface area contributed by atoms with E-state index in [9.17, 15) is 0 Å². The normalized spacial score (nSPS) is 12.5. The Kier molecular flexibility index (Phi) is 5.77. The molecule has 0 bridgehead atoms. The molecule has 0 fully saturated rings. The number of aromatic nitrogens is 2. The average Bonchev–Trinajstić information content (AvgIpc) is 3.41. The predicted octanol–water partition coefficient (Wildman–Crippen LogP) is 8.64. The van der Waals surface area contributed by atoms with Gasteiger partial charge in [0, 0.05) is 26.7 Å². The molecule has 0 saturated carbocycles. The minimum Gasteiger partial charge on any atom is -0.309 e. The predicted molar refractivity (Wildman–Crippen MR) is 170 cm³/mol. The van der Waals surface area contributed by atoms with Gasteiger partial charge in [-0.3, -0.25) is 4.40 Å². The summed E-state index contributed by atoms with van der Waals surface area (Å²) in [5.74, 6) is 0. The topological polar surface area (TPSA) is 34.4 Å². The molecule has 0 radical (unpaired) electrons. The zero-order valence-electron chi connectivity index (χ0n) is 22.2. The molecule has 7 aromatic rings. The van der Waals surface area contributed by atoms with Crippen LogP contribution in [0.15, 0.2) is 139 Å². The third-order valence-corrected chi connectivity index (χ3v) is 10.9. The second-order valence-electron chi connectivity index (χ2n) is 10.0. The fourth-order valence-electron chi connectivity index (χ4n) is 5.86. The first-order valence-electron chi connectivity index (χ1n) is 13.4. The van der Waals surface area contributed by atoms with E-state index >= 15 is 4.57 Å². The highest BCUT2D eigenvalue weighted by molar-refractivity contribution is 7.82. The summed E-state index contributed by atoms with van der Waals surface area (Å²) in [6, 6.07) is 40.6. The monoisotopic (exact) mass is 534 g/mol. The highest BCUT2D eigenvalue weighted by Gasteiger charge is 2.31. The number of hydrogen-bond acceptors (Lipinski definition) is 2. The number of fused-ring (bicyclic) bond motifs is 8. The first-order chi connectivity index (χ1) is 19.6. The molecule has 4 heteroatoms. The summed E-state index contributed by atoms with van der Waals surface area (Å²) < 4.78 is 17.5. The van der Waals surface area contributed by atoms with Gasteiger partial charge in [0.2, 0.25) is 0 Å². The van der Waals surface area contributed by atoms with E-state index in [0.29, 0.717) is 5.31 Å². The van der Waals surface area contributed by atoms with Gasteiger partial charge in [-0.15, -0.1) is 0 Å². The molecule has 0 atom stereocenters. The van der Waals surface area contributed by atoms with Crippen LogP contribution in [0, 0.1) is 6.92 Å². The summed E-state index contributed by atoms with van der Waals surface area (Å²) in [4.78, 5) is 5.15. The number of pyridine rings is 1. The standard InChI is InChI=1S/C36H27N2OP/c1-3-26(40(39,27-14-6-4-7-15-27)28-16-8-5-9-17-28)24-31-25(2)22-23-30-29-18-10-12-20-33(29)38-34-21-13-11-19-32(34)37-36(38)35(30)31/h3-24H,1H2,2H3/b26-24+. The van der Waals surface area contributed by atoms with E-state index < -0.39 is 7.14 Å². The smallest absolute Gasteiger partial charge is 0.171 e. The Morgan fingerprint density at radius 3 is 2.00 bits per heavy atom. The zero-order chi connectivity index (χ0) is 27.3. The van der Waals surface area contributed by atoms with E-state index in [2.05, 4.69) is 78.6 Å². The molecule has 0 amide bonds. The SMILES string of the molecule is C=C/C(=C\c1c(C)ccc2c3ccccc3n3c4ccccc4nc3c12)P(=O)(c1ccccc1)c1ccccc1. The van der Waals surface area contributed by atoms with Crippen molar-refractivity contribution in [2.45, 2.75) is 6.92 Å². The Morgan fingerprint density at radius 1 is 0.725 bits per heavy atom. The highest BCUT2D eigenvalue weighted by Crippen LogP contribution is 2.53. The Morgan fingerprint density at radius 2 is 1.32 bits per heavy atom. The second-order valence-corrected chi connectivity index (χ2v) is 12.8. The lowest BCUT2D eigenvalue weighted by molar-refractivity contribution is 0.591. The lowest BCUT2D eigenvalue weighted by Crippen LogP contribution is -2.16. The van der Waals surface area contributed by atoms with Crippen LogP contribution in [0.5, 0.6) is 0 Å². The second kappa shape index (κ2) is 9.48. The minimum absolute atomic E-state index is 0.697. The summed E-state index contributed by atoms with van der Waals surface area (Å²) in [5.41, 5.74) is 6.10. The molecule has 0 unspecified atom stereocenters. The molecular formula is C36H27N2OP. The fourth-order valence-corrected chi connectivity index (χ4v) is 8.50. The van der Waals surface area contributed by atoms with Crippen molar-refractivity contribution < 1.29 is 4.57 Å². The molecule has 0 aliphatic carbocycles. The van der Waals surface area contributed by atoms with Crippen molar-refractivity contribution in [2.24, 2.45) is 0 Å². The van der Waals surface area contributed by atoms with Crippen LogP contribution >= 0.6 is 7.14 Å². The maximum atomic E-state index is 15.3. The van der Waals surface area contributed by atoms with E-state index in [-0.39, 0.29) is 0 Å². The van der Waals surface area contributed by atoms with Gasteiger partial charge in [-0.2, -0.15) is 0 Å². The summed E-state index contributed by atoms with van der Waals surface area (Å²) in [7, 11) is -3.22. The number of allylic oxidation sites excluding steroid dienone is 2. The number of para-hydroxylation sites is 3. The van der Waals surface area contributed by atoms with Crippen LogP contribution in [-0.4, -0.2) is 9.38 Å². The van der Waals surface area contributed by atoms with Crippen molar-refractivity contribution in [1.29, 1.82) is 0 Å². The van der Waals surface area contributed by atoms with E-state index in [1.54, 1.807) is 6.08 Å². The fraction of sp³-hybridized carbons (Fsp3) is 0.0278. The van der Waals surface area contributed by atoms with Crippen LogP contribution in [0.3, 0.4) is 0 Å². The van der Waals surface area contributed by atoms with E-state index in [1.165, 1.54) is 0 Å². The summed E-state index contributed by atoms with van der Waals surface area (Å²) >= 11 is 0. The van der Waals surface area contributed by atoms with Crippen LogP contribution in [0.2, 0.25) is 0 Å². The number of imidazole rings is 1. The molecule has 0 spiro atoms. The van der Waals surface area contributed by atoms with Crippen molar-refractivity contribution in [3.63, 3.8) is 0 Å². The molecule has 5 aromatic carbocycles. The molecule has 192 valence electrons. The zero-order valence-corrected chi connectivity index (χ0v) is 23.1. The van der Waals surface area contributed by atoms with Gasteiger partial charge in [0.15, 0.2) is 7.14 Å². The number of rotatable bonds is 5. The molecule has 2 heterocycles. The highest BCUT2D eigenvalue weighted by atomic mass is 31.2. The lowest BCUT2D eigenvalue weighted by atomic mass is 9.97. The first-order valence-corrected chi connectivity index (χ1v) is 15.1. The van der Waals surface area contributed by atoms with Crippen molar-refractivity contribution in [3.8, 4) is 0 Å². The summed E-state index contributed by atoms with van der Waals surface area (Å²) in [5, 5.41) is 5.58. The van der Waals surface area contributed by atoms with Crippen LogP contribution in [0.25, 0.3) is 44.4 Å². The van der Waals surface area contributed by atoms with E-state index in [4.69, 9.17) is 4.98 Å². The van der Waals surface area contributed by atoms with Gasteiger partial charge in [0.05, 0.1) is 16.6 Å². The number of aryl methyl sites for hydroxylation is 1. The quantitative estimate of drug-likeness (QED) is 0.126. The van der Waals surface area contributed by atoms with Gasteiger partial charge >= 0.3 is 0 Å². The van der Waals surface area contributed by atoms with Crippen molar-refractivity contribution in [1.82, 2.24) is 9.38 Å². The third kappa shape index (κ3) is 3.59. The van der Waals surface area contributed by atoms with Crippen LogP contribution in [-0.2, 0) is 4.57 Å². The van der Waals surface area contributed by atoms with Gasteiger partial charge in [-0.05, 0) is 47.7 Å². The van der Waals surface area contributed by atoms with Crippen molar-refractivity contribution in [3.05, 3.63) is 150 Å². The van der Waals surface area contributed by atoms with E-state index in [1.807, 2.05) is 66.7 Å². The summed E-state index contributed by atoms with van der Waals surface area (Å²) in [6.07, 6.45) is 3.85. The third-order valence-electron chi connectivity index (χ3n) is 7.79. The van der Waals surface area contributed by atoms with Gasteiger partial charge in [0.25, 0.3) is 0 Å². The Bertz CT molecular complexity index is 2120. The Hall–Kier alpha value is -4.72. The van der Waals surface area contributed by atoms with Crippen molar-refractivity contribution >= 4 is 62.2 Å². The Labute approximate surface area is 233 Å². The van der Waals surface area contributed by atoms with E-state index in [0.717, 1.165) is 60.1 Å². The number of nitrogens with zero attached hydrogens (tertiary/aromatic N) is 2. The van der Waals surface area contributed by atoms with Crippen LogP contribution < -0.4 is 10.6 Å².